The molecule has 3 rings (SSSR count). The molecule has 42 heavy (non-hydrogen) atoms. The number of allylic oxidation sites excluding steroid dienone is 2. The zero-order valence-electron chi connectivity index (χ0n) is 24.5. The third-order valence-electron chi connectivity index (χ3n) is 6.80. The van der Waals surface area contributed by atoms with E-state index in [0.717, 1.165) is 12.8 Å². The molecule has 0 radical (unpaired) electrons. The van der Waals surface area contributed by atoms with Crippen LogP contribution in [0.5, 0.6) is 0 Å². The lowest BCUT2D eigenvalue weighted by Gasteiger charge is -2.17. The predicted octanol–water partition coefficient (Wildman–Crippen LogP) is 1.24. The molecule has 0 aromatic carbocycles. The van der Waals surface area contributed by atoms with Crippen molar-refractivity contribution in [2.45, 2.75) is 26.3 Å². The largest absolute Gasteiger partial charge is 0.377 e. The topological polar surface area (TPSA) is 141 Å². The molecule has 1 fully saturated rings. The molecule has 1 saturated carbocycles. The van der Waals surface area contributed by atoms with Gasteiger partial charge in [0.25, 0.3) is 0 Å². The molecule has 0 aliphatic heterocycles. The Morgan fingerprint density at radius 1 is 0.929 bits per heavy atom. The molecule has 4 atom stereocenters. The lowest BCUT2D eigenvalue weighted by atomic mass is 9.93. The number of nitrogens with zero attached hydrogens (tertiary/aromatic N) is 3. The number of hydrogen-bond acceptors (Lipinski definition) is 11. The summed E-state index contributed by atoms with van der Waals surface area (Å²) in [4.78, 5) is 12.2. The average Bonchev–Trinajstić information content (AvgIpc) is 3.76. The smallest absolute Gasteiger partial charge is 0.324 e. The Kier molecular flexibility index (Phi) is 16.3. The summed E-state index contributed by atoms with van der Waals surface area (Å²) < 4.78 is 52.0. The van der Waals surface area contributed by atoms with Crippen LogP contribution >= 0.6 is 7.37 Å². The fourth-order valence-corrected chi connectivity index (χ4v) is 5.85. The lowest BCUT2D eigenvalue weighted by molar-refractivity contribution is -0.126. The second-order valence-corrected chi connectivity index (χ2v) is 11.9. The van der Waals surface area contributed by atoms with Crippen LogP contribution in [0.15, 0.2) is 18.3 Å². The minimum Gasteiger partial charge on any atom is -0.377 e. The van der Waals surface area contributed by atoms with Gasteiger partial charge in [-0.1, -0.05) is 17.4 Å². The van der Waals surface area contributed by atoms with Crippen LogP contribution in [0.25, 0.3) is 0 Å². The molecule has 2 aliphatic rings. The summed E-state index contributed by atoms with van der Waals surface area (Å²) in [6.45, 7) is 8.46. The van der Waals surface area contributed by atoms with Crippen molar-refractivity contribution in [3.63, 3.8) is 0 Å². The van der Waals surface area contributed by atoms with E-state index in [1.807, 2.05) is 0 Å². The summed E-state index contributed by atoms with van der Waals surface area (Å²) in [6.07, 6.45) is 13.4. The van der Waals surface area contributed by atoms with Crippen molar-refractivity contribution in [3.05, 3.63) is 18.3 Å². The number of ether oxygens (including phenoxy) is 6. The van der Waals surface area contributed by atoms with Gasteiger partial charge in [0.1, 0.15) is 0 Å². The van der Waals surface area contributed by atoms with Gasteiger partial charge in [-0.15, -0.1) is 11.5 Å². The van der Waals surface area contributed by atoms with Crippen LogP contribution in [0.1, 0.15) is 19.8 Å². The van der Waals surface area contributed by atoms with E-state index in [1.165, 1.54) is 10.9 Å². The van der Waals surface area contributed by atoms with Crippen molar-refractivity contribution in [1.29, 1.82) is 0 Å². The number of rotatable bonds is 25. The second-order valence-electron chi connectivity index (χ2n) is 9.79. The molecule has 236 valence electrons. The molecular weight excluding hydrogens is 567 g/mol. The summed E-state index contributed by atoms with van der Waals surface area (Å²) in [7, 11) is -3.39. The van der Waals surface area contributed by atoms with E-state index in [4.69, 9.17) is 39.4 Å². The van der Waals surface area contributed by atoms with Crippen LogP contribution in [0, 0.1) is 29.8 Å². The lowest BCUT2D eigenvalue weighted by Crippen LogP contribution is -2.35. The second kappa shape index (κ2) is 19.9. The van der Waals surface area contributed by atoms with Crippen molar-refractivity contribution < 1.29 is 42.3 Å². The molecule has 1 heterocycles. The van der Waals surface area contributed by atoms with Gasteiger partial charge in [-0.3, -0.25) is 9.36 Å². The van der Waals surface area contributed by atoms with E-state index < -0.39 is 7.37 Å². The first kappa shape index (κ1) is 34.4. The van der Waals surface area contributed by atoms with Gasteiger partial charge in [-0.25, -0.2) is 4.68 Å². The molecule has 1 aromatic heterocycles. The molecule has 13 nitrogen and oxygen atoms in total. The van der Waals surface area contributed by atoms with Crippen LogP contribution in [0.4, 0.5) is 0 Å². The number of nitrogens with one attached hydrogen (secondary N) is 1. The summed E-state index contributed by atoms with van der Waals surface area (Å²) >= 11 is 0. The van der Waals surface area contributed by atoms with Crippen LogP contribution in [-0.4, -0.2) is 113 Å². The van der Waals surface area contributed by atoms with Crippen molar-refractivity contribution >= 4 is 18.7 Å². The summed E-state index contributed by atoms with van der Waals surface area (Å²) in [5, 5.41) is 10.7. The van der Waals surface area contributed by atoms with Crippen LogP contribution < -0.4 is 10.8 Å². The fourth-order valence-electron chi connectivity index (χ4n) is 4.70. The average molecular weight is 613 g/mol. The summed E-state index contributed by atoms with van der Waals surface area (Å²) in [5.74, 6) is 1.31. The molecule has 1 N–H and O–H groups in total. The Balaban J connectivity index is 0.998. The zero-order valence-corrected chi connectivity index (χ0v) is 25.4. The number of carbonyl (C=O) groups is 1. The van der Waals surface area contributed by atoms with Gasteiger partial charge in [0.15, 0.2) is 5.44 Å². The molecule has 0 saturated heterocycles. The Hall–Kier alpha value is -2.14. The maximum Gasteiger partial charge on any atom is 0.324 e. The van der Waals surface area contributed by atoms with Crippen LogP contribution in [0.3, 0.4) is 0 Å². The Labute approximate surface area is 248 Å². The van der Waals surface area contributed by atoms with E-state index in [0.29, 0.717) is 104 Å². The monoisotopic (exact) mass is 612 g/mol. The maximum absolute atomic E-state index is 12.4. The Morgan fingerprint density at radius 3 is 2.00 bits per heavy atom. The SMILES string of the molecule is C#CP(=O)(OCC)c1cn(CCOCCOCCOCCOCCOCCOCCNC(=O)[C@@H]2C[C@H]3C=C[C@@H]2C3)nn1. The van der Waals surface area contributed by atoms with Gasteiger partial charge in [0.2, 0.25) is 5.91 Å². The van der Waals surface area contributed by atoms with Crippen LogP contribution in [-0.2, 0) is 48.8 Å². The quantitative estimate of drug-likeness (QED) is 0.0738. The number of fused-ring (bicyclic) bond motifs is 2. The minimum atomic E-state index is -3.39. The molecule has 2 bridgehead atoms. The molecule has 0 spiro atoms. The van der Waals surface area contributed by atoms with Gasteiger partial charge in [-0.05, 0) is 37.3 Å². The number of aromatic nitrogens is 3. The number of hydrogen-bond donors (Lipinski definition) is 1. The van der Waals surface area contributed by atoms with Gasteiger partial charge >= 0.3 is 7.37 Å². The van der Waals surface area contributed by atoms with Gasteiger partial charge < -0.3 is 38.3 Å². The fraction of sp³-hybridized carbons (Fsp3) is 0.750. The van der Waals surface area contributed by atoms with E-state index in [2.05, 4.69) is 33.4 Å². The number of terminal acetylenes is 1. The van der Waals surface area contributed by atoms with Crippen molar-refractivity contribution in [1.82, 2.24) is 20.3 Å². The summed E-state index contributed by atoms with van der Waals surface area (Å²) in [5.41, 5.74) is 2.34. The minimum absolute atomic E-state index is 0.138. The molecule has 1 aromatic rings. The Morgan fingerprint density at radius 2 is 1.50 bits per heavy atom. The van der Waals surface area contributed by atoms with Crippen molar-refractivity contribution in [3.8, 4) is 12.1 Å². The maximum atomic E-state index is 12.4. The first-order valence-corrected chi connectivity index (χ1v) is 16.2. The first-order chi connectivity index (χ1) is 20.6. The highest BCUT2D eigenvalue weighted by Crippen LogP contribution is 2.43. The number of carbonyl (C=O) groups excluding carboxylic acids is 1. The Bertz CT molecular complexity index is 1030. The third kappa shape index (κ3) is 12.2. The molecule has 14 heteroatoms. The van der Waals surface area contributed by atoms with Crippen molar-refractivity contribution in [2.75, 3.05) is 92.4 Å². The highest BCUT2D eigenvalue weighted by atomic mass is 31.2. The molecular formula is C28H45N4O9P. The summed E-state index contributed by atoms with van der Waals surface area (Å²) in [6, 6.07) is 0. The van der Waals surface area contributed by atoms with E-state index in [9.17, 15) is 9.36 Å². The van der Waals surface area contributed by atoms with E-state index in [-0.39, 0.29) is 23.9 Å². The van der Waals surface area contributed by atoms with Gasteiger partial charge in [0.05, 0.1) is 98.6 Å². The first-order valence-electron chi connectivity index (χ1n) is 14.6. The normalized spacial score (nSPS) is 20.5. The van der Waals surface area contributed by atoms with E-state index >= 15 is 0 Å². The highest BCUT2D eigenvalue weighted by Gasteiger charge is 2.39. The highest BCUT2D eigenvalue weighted by molar-refractivity contribution is 7.71. The standard InChI is InChI=1S/C28H45N4O9P/c1-3-41-42(34,4-2)27-23-32(31-30-27)8-10-36-12-14-38-16-18-40-20-19-39-17-15-37-13-11-35-9-7-29-28(33)26-22-24-5-6-25(26)21-24/h2,5-6,23-26H,3,7-22H2,1H3,(H,29,33)/t24-,25+,26+,42?/m0/s1. The zero-order chi connectivity index (χ0) is 29.9. The third-order valence-corrected chi connectivity index (χ3v) is 8.56. The number of amides is 1. The van der Waals surface area contributed by atoms with E-state index in [1.54, 1.807) is 6.92 Å². The predicted molar refractivity (Wildman–Crippen MR) is 154 cm³/mol. The molecule has 1 unspecified atom stereocenters. The molecule has 1 amide bonds. The van der Waals surface area contributed by atoms with Gasteiger partial charge in [0, 0.05) is 12.5 Å². The van der Waals surface area contributed by atoms with Crippen LogP contribution in [0.2, 0.25) is 0 Å². The van der Waals surface area contributed by atoms with Crippen molar-refractivity contribution in [2.24, 2.45) is 17.8 Å². The van der Waals surface area contributed by atoms with Gasteiger partial charge in [-0.2, -0.15) is 0 Å². The molecule has 2 aliphatic carbocycles.